The highest BCUT2D eigenvalue weighted by atomic mass is 19.1. The fourth-order valence-electron chi connectivity index (χ4n) is 2.84. The van der Waals surface area contributed by atoms with Gasteiger partial charge in [-0.2, -0.15) is 0 Å². The number of halogens is 1. The van der Waals surface area contributed by atoms with E-state index in [-0.39, 0.29) is 13.0 Å². The van der Waals surface area contributed by atoms with Crippen molar-refractivity contribution >= 4 is 5.97 Å². The molecule has 0 aliphatic carbocycles. The van der Waals surface area contributed by atoms with Crippen molar-refractivity contribution in [2.24, 2.45) is 5.41 Å². The maximum atomic E-state index is 14.9. The topological polar surface area (TPSA) is 40.5 Å². The minimum Gasteiger partial charge on any atom is -0.481 e. The molecule has 0 unspecified atom stereocenters. The van der Waals surface area contributed by atoms with Gasteiger partial charge >= 0.3 is 5.97 Å². The minimum atomic E-state index is -1.23. The Morgan fingerprint density at radius 2 is 1.44 bits per heavy atom. The second-order valence-electron chi connectivity index (χ2n) is 7.17. The Hall–Kier alpha value is -2.20. The van der Waals surface area contributed by atoms with Crippen molar-refractivity contribution in [2.75, 3.05) is 6.54 Å². The molecule has 134 valence electrons. The zero-order valence-corrected chi connectivity index (χ0v) is 14.9. The summed E-state index contributed by atoms with van der Waals surface area (Å²) in [6.45, 7) is 4.80. The van der Waals surface area contributed by atoms with Gasteiger partial charge in [0.25, 0.3) is 0 Å². The third-order valence-corrected chi connectivity index (χ3v) is 4.37. The van der Waals surface area contributed by atoms with E-state index in [0.29, 0.717) is 13.1 Å². The average molecular weight is 343 g/mol. The van der Waals surface area contributed by atoms with Crippen LogP contribution in [0.5, 0.6) is 0 Å². The van der Waals surface area contributed by atoms with Gasteiger partial charge < -0.3 is 5.11 Å². The average Bonchev–Trinajstić information content (AvgIpc) is 2.55. The number of aliphatic carboxylic acids is 1. The van der Waals surface area contributed by atoms with Crippen LogP contribution in [0.1, 0.15) is 31.4 Å². The number of carboxylic acids is 1. The summed E-state index contributed by atoms with van der Waals surface area (Å²) in [5, 5.41) is 9.02. The Labute approximate surface area is 149 Å². The molecule has 25 heavy (non-hydrogen) atoms. The maximum Gasteiger partial charge on any atom is 0.303 e. The van der Waals surface area contributed by atoms with Gasteiger partial charge in [-0.05, 0) is 11.1 Å². The van der Waals surface area contributed by atoms with Crippen molar-refractivity contribution in [1.29, 1.82) is 0 Å². The summed E-state index contributed by atoms with van der Waals surface area (Å²) in [4.78, 5) is 13.0. The first-order valence-corrected chi connectivity index (χ1v) is 8.53. The van der Waals surface area contributed by atoms with Crippen molar-refractivity contribution in [3.05, 3.63) is 71.8 Å². The number of hydrogen-bond acceptors (Lipinski definition) is 2. The van der Waals surface area contributed by atoms with Crippen molar-refractivity contribution in [2.45, 2.75) is 39.5 Å². The van der Waals surface area contributed by atoms with Crippen molar-refractivity contribution in [3.8, 4) is 0 Å². The van der Waals surface area contributed by atoms with Gasteiger partial charge in [-0.3, -0.25) is 9.69 Å². The lowest BCUT2D eigenvalue weighted by Crippen LogP contribution is -2.39. The molecule has 0 heterocycles. The number of rotatable bonds is 9. The van der Waals surface area contributed by atoms with E-state index in [9.17, 15) is 9.18 Å². The van der Waals surface area contributed by atoms with Gasteiger partial charge in [-0.25, -0.2) is 4.39 Å². The first-order chi connectivity index (χ1) is 11.9. The molecule has 3 nitrogen and oxygen atoms in total. The lowest BCUT2D eigenvalue weighted by atomic mass is 9.83. The normalized spacial score (nSPS) is 13.0. The van der Waals surface area contributed by atoms with Gasteiger partial charge in [-0.1, -0.05) is 74.5 Å². The van der Waals surface area contributed by atoms with E-state index in [1.165, 1.54) is 0 Å². The summed E-state index contributed by atoms with van der Waals surface area (Å²) in [6.07, 6.45) is -1.41. The van der Waals surface area contributed by atoms with E-state index in [1.807, 2.05) is 65.6 Å². The van der Waals surface area contributed by atoms with E-state index in [1.54, 1.807) is 13.8 Å². The fraction of sp³-hybridized carbons (Fsp3) is 0.381. The molecule has 2 aromatic rings. The van der Waals surface area contributed by atoms with Gasteiger partial charge in [-0.15, -0.1) is 0 Å². The van der Waals surface area contributed by atoms with Crippen LogP contribution in [0.3, 0.4) is 0 Å². The highest BCUT2D eigenvalue weighted by Gasteiger charge is 2.33. The molecule has 0 bridgehead atoms. The SMILES string of the molecule is CC(C)(CC(=O)O)[C@@H](F)CN(Cc1ccccc1)Cc1ccccc1. The van der Waals surface area contributed by atoms with Crippen LogP contribution in [0.25, 0.3) is 0 Å². The number of carboxylic acid groups (broad SMARTS) is 1. The predicted octanol–water partition coefficient (Wildman–Crippen LogP) is 4.53. The second kappa shape index (κ2) is 8.77. The number of carbonyl (C=O) groups is 1. The van der Waals surface area contributed by atoms with Crippen LogP contribution in [0.2, 0.25) is 0 Å². The molecule has 1 atom stereocenters. The molecular weight excluding hydrogens is 317 g/mol. The van der Waals surface area contributed by atoms with Crippen LogP contribution >= 0.6 is 0 Å². The molecule has 4 heteroatoms. The van der Waals surface area contributed by atoms with E-state index >= 15 is 0 Å². The summed E-state index contributed by atoms with van der Waals surface area (Å²) in [6, 6.07) is 19.9. The number of alkyl halides is 1. The molecule has 2 aromatic carbocycles. The van der Waals surface area contributed by atoms with E-state index in [2.05, 4.69) is 0 Å². The molecule has 0 saturated heterocycles. The quantitative estimate of drug-likeness (QED) is 0.727. The van der Waals surface area contributed by atoms with Gasteiger partial charge in [0.1, 0.15) is 6.17 Å². The van der Waals surface area contributed by atoms with E-state index in [0.717, 1.165) is 11.1 Å². The standard InChI is InChI=1S/C21H26FNO2/c1-21(2,13-20(24)25)19(22)16-23(14-17-9-5-3-6-10-17)15-18-11-7-4-8-12-18/h3-12,19H,13-16H2,1-2H3,(H,24,25)/t19-/m0/s1. The van der Waals surface area contributed by atoms with E-state index in [4.69, 9.17) is 5.11 Å². The molecule has 0 aliphatic rings. The van der Waals surface area contributed by atoms with Crippen molar-refractivity contribution in [3.63, 3.8) is 0 Å². The summed E-state index contributed by atoms with van der Waals surface area (Å²) >= 11 is 0. The van der Waals surface area contributed by atoms with Crippen molar-refractivity contribution < 1.29 is 14.3 Å². The zero-order valence-electron chi connectivity index (χ0n) is 14.9. The highest BCUT2D eigenvalue weighted by molar-refractivity contribution is 5.67. The van der Waals surface area contributed by atoms with Crippen LogP contribution in [0.4, 0.5) is 4.39 Å². The van der Waals surface area contributed by atoms with Crippen LogP contribution in [0.15, 0.2) is 60.7 Å². The molecule has 0 aliphatic heterocycles. The number of benzene rings is 2. The molecule has 0 fully saturated rings. The third kappa shape index (κ3) is 6.31. The van der Waals surface area contributed by atoms with Crippen LogP contribution in [-0.4, -0.2) is 28.7 Å². The lowest BCUT2D eigenvalue weighted by Gasteiger charge is -2.32. The number of hydrogen-bond donors (Lipinski definition) is 1. The summed E-state index contributed by atoms with van der Waals surface area (Å²) in [7, 11) is 0. The molecule has 1 N–H and O–H groups in total. The maximum absolute atomic E-state index is 14.9. The molecule has 0 aromatic heterocycles. The predicted molar refractivity (Wildman–Crippen MR) is 97.9 cm³/mol. The van der Waals surface area contributed by atoms with E-state index < -0.39 is 17.6 Å². The number of nitrogens with zero attached hydrogens (tertiary/aromatic N) is 1. The first kappa shape index (κ1) is 19.1. The summed E-state index contributed by atoms with van der Waals surface area (Å²) < 4.78 is 14.9. The Morgan fingerprint density at radius 3 is 1.84 bits per heavy atom. The molecule has 0 radical (unpaired) electrons. The minimum absolute atomic E-state index is 0.182. The van der Waals surface area contributed by atoms with Crippen LogP contribution in [-0.2, 0) is 17.9 Å². The second-order valence-corrected chi connectivity index (χ2v) is 7.17. The van der Waals surface area contributed by atoms with Gasteiger partial charge in [0.05, 0.1) is 6.42 Å². The summed E-state index contributed by atoms with van der Waals surface area (Å²) in [5.41, 5.74) is 1.32. The Bertz CT molecular complexity index is 617. The van der Waals surface area contributed by atoms with Crippen molar-refractivity contribution in [1.82, 2.24) is 4.90 Å². The Kier molecular flexibility index (Phi) is 6.71. The molecule has 2 rings (SSSR count). The largest absolute Gasteiger partial charge is 0.481 e. The molecule has 0 spiro atoms. The molecule has 0 amide bonds. The first-order valence-electron chi connectivity index (χ1n) is 8.53. The molecular formula is C21H26FNO2. The monoisotopic (exact) mass is 343 g/mol. The third-order valence-electron chi connectivity index (χ3n) is 4.37. The van der Waals surface area contributed by atoms with Gasteiger partial charge in [0.2, 0.25) is 0 Å². The highest BCUT2D eigenvalue weighted by Crippen LogP contribution is 2.29. The van der Waals surface area contributed by atoms with Crippen LogP contribution in [0, 0.1) is 5.41 Å². The smallest absolute Gasteiger partial charge is 0.303 e. The molecule has 0 saturated carbocycles. The summed E-state index contributed by atoms with van der Waals surface area (Å²) in [5.74, 6) is -0.967. The Balaban J connectivity index is 2.11. The van der Waals surface area contributed by atoms with Gasteiger partial charge in [0.15, 0.2) is 0 Å². The van der Waals surface area contributed by atoms with Gasteiger partial charge in [0, 0.05) is 25.0 Å². The zero-order chi connectivity index (χ0) is 18.3. The lowest BCUT2D eigenvalue weighted by molar-refractivity contribution is -0.140. The Morgan fingerprint density at radius 1 is 1.00 bits per heavy atom. The fourth-order valence-corrected chi connectivity index (χ4v) is 2.84. The van der Waals surface area contributed by atoms with Crippen LogP contribution < -0.4 is 0 Å².